The molecular weight excluding hydrogens is 218 g/mol. The molecule has 2 aliphatic heterocycles. The van der Waals surface area contributed by atoms with Gasteiger partial charge in [-0.15, -0.1) is 0 Å². The second-order valence-corrected chi connectivity index (χ2v) is 4.81. The van der Waals surface area contributed by atoms with Gasteiger partial charge in [-0.25, -0.2) is 0 Å². The summed E-state index contributed by atoms with van der Waals surface area (Å²) in [5.41, 5.74) is 0. The number of nitrogens with zero attached hydrogens (tertiary/aromatic N) is 1. The zero-order valence-electron chi connectivity index (χ0n) is 10.4. The SMILES string of the molecule is CCN(C(=O)C1CNC(=O)C1)C1CCNCC1. The maximum absolute atomic E-state index is 12.3. The Bertz CT molecular complexity index is 300. The Kier molecular flexibility index (Phi) is 3.99. The number of piperidine rings is 1. The lowest BCUT2D eigenvalue weighted by atomic mass is 10.0. The van der Waals surface area contributed by atoms with Crippen molar-refractivity contribution in [2.24, 2.45) is 5.92 Å². The van der Waals surface area contributed by atoms with Crippen LogP contribution in [0.25, 0.3) is 0 Å². The number of carbonyl (C=O) groups is 2. The van der Waals surface area contributed by atoms with Crippen LogP contribution in [-0.4, -0.2) is 48.9 Å². The molecule has 2 fully saturated rings. The lowest BCUT2D eigenvalue weighted by molar-refractivity contribution is -0.138. The molecule has 1 atom stereocenters. The van der Waals surface area contributed by atoms with E-state index in [1.807, 2.05) is 11.8 Å². The molecule has 0 aromatic carbocycles. The Hall–Kier alpha value is -1.10. The van der Waals surface area contributed by atoms with Crippen LogP contribution in [-0.2, 0) is 9.59 Å². The van der Waals surface area contributed by atoms with Crippen molar-refractivity contribution in [3.05, 3.63) is 0 Å². The van der Waals surface area contributed by atoms with Crippen LogP contribution < -0.4 is 10.6 Å². The summed E-state index contributed by atoms with van der Waals surface area (Å²) >= 11 is 0. The summed E-state index contributed by atoms with van der Waals surface area (Å²) in [7, 11) is 0. The van der Waals surface area contributed by atoms with E-state index in [1.54, 1.807) is 0 Å². The van der Waals surface area contributed by atoms with Gasteiger partial charge >= 0.3 is 0 Å². The van der Waals surface area contributed by atoms with Crippen LogP contribution in [0.2, 0.25) is 0 Å². The monoisotopic (exact) mass is 239 g/mol. The van der Waals surface area contributed by atoms with Crippen molar-refractivity contribution in [2.75, 3.05) is 26.2 Å². The summed E-state index contributed by atoms with van der Waals surface area (Å²) in [4.78, 5) is 25.5. The maximum Gasteiger partial charge on any atom is 0.228 e. The zero-order chi connectivity index (χ0) is 12.3. The minimum atomic E-state index is -0.141. The van der Waals surface area contributed by atoms with Crippen LogP contribution in [0.4, 0.5) is 0 Å². The van der Waals surface area contributed by atoms with E-state index in [9.17, 15) is 9.59 Å². The average molecular weight is 239 g/mol. The highest BCUT2D eigenvalue weighted by atomic mass is 16.2. The standard InChI is InChI=1S/C12H21N3O2/c1-2-15(10-3-5-13-6-4-10)12(17)9-7-11(16)14-8-9/h9-10,13H,2-8H2,1H3,(H,14,16). The number of rotatable bonds is 3. The number of amides is 2. The van der Waals surface area contributed by atoms with Crippen molar-refractivity contribution in [1.82, 2.24) is 15.5 Å². The predicted octanol–water partition coefficient (Wildman–Crippen LogP) is -0.277. The molecule has 17 heavy (non-hydrogen) atoms. The zero-order valence-corrected chi connectivity index (χ0v) is 10.4. The highest BCUT2D eigenvalue weighted by Crippen LogP contribution is 2.18. The molecule has 0 aromatic rings. The van der Waals surface area contributed by atoms with E-state index >= 15 is 0 Å². The first-order chi connectivity index (χ1) is 8.22. The van der Waals surface area contributed by atoms with E-state index in [-0.39, 0.29) is 17.7 Å². The highest BCUT2D eigenvalue weighted by Gasteiger charge is 2.33. The van der Waals surface area contributed by atoms with E-state index in [1.165, 1.54) is 0 Å². The molecule has 0 bridgehead atoms. The Morgan fingerprint density at radius 1 is 1.41 bits per heavy atom. The summed E-state index contributed by atoms with van der Waals surface area (Å²) in [6.45, 7) is 5.24. The van der Waals surface area contributed by atoms with E-state index in [4.69, 9.17) is 0 Å². The number of hydrogen-bond donors (Lipinski definition) is 2. The van der Waals surface area contributed by atoms with Crippen molar-refractivity contribution in [2.45, 2.75) is 32.2 Å². The Morgan fingerprint density at radius 3 is 2.65 bits per heavy atom. The van der Waals surface area contributed by atoms with Crippen LogP contribution in [0.5, 0.6) is 0 Å². The van der Waals surface area contributed by atoms with Crippen LogP contribution >= 0.6 is 0 Å². The third-order valence-electron chi connectivity index (χ3n) is 3.70. The first-order valence-electron chi connectivity index (χ1n) is 6.50. The normalized spacial score (nSPS) is 25.7. The predicted molar refractivity (Wildman–Crippen MR) is 64.4 cm³/mol. The van der Waals surface area contributed by atoms with Gasteiger partial charge in [0.2, 0.25) is 11.8 Å². The summed E-state index contributed by atoms with van der Waals surface area (Å²) in [5.74, 6) is 0.0137. The third-order valence-corrected chi connectivity index (χ3v) is 3.70. The fraction of sp³-hybridized carbons (Fsp3) is 0.833. The molecule has 0 aromatic heterocycles. The Morgan fingerprint density at radius 2 is 2.12 bits per heavy atom. The van der Waals surface area contributed by atoms with Crippen molar-refractivity contribution in [3.63, 3.8) is 0 Å². The molecule has 2 rings (SSSR count). The molecule has 2 heterocycles. The number of hydrogen-bond acceptors (Lipinski definition) is 3. The maximum atomic E-state index is 12.3. The molecule has 0 saturated carbocycles. The van der Waals surface area contributed by atoms with Gasteiger partial charge in [0, 0.05) is 25.6 Å². The summed E-state index contributed by atoms with van der Waals surface area (Å²) in [6, 6.07) is 0.351. The summed E-state index contributed by atoms with van der Waals surface area (Å²) < 4.78 is 0. The van der Waals surface area contributed by atoms with Crippen LogP contribution in [0.1, 0.15) is 26.2 Å². The smallest absolute Gasteiger partial charge is 0.228 e. The lowest BCUT2D eigenvalue weighted by Crippen LogP contribution is -2.48. The van der Waals surface area contributed by atoms with Gasteiger partial charge in [0.25, 0.3) is 0 Å². The molecule has 96 valence electrons. The molecule has 0 radical (unpaired) electrons. The minimum Gasteiger partial charge on any atom is -0.355 e. The molecule has 2 amide bonds. The van der Waals surface area contributed by atoms with Gasteiger partial charge in [-0.3, -0.25) is 9.59 Å². The molecule has 2 N–H and O–H groups in total. The first-order valence-corrected chi connectivity index (χ1v) is 6.50. The van der Waals surface area contributed by atoms with E-state index in [0.29, 0.717) is 19.0 Å². The molecular formula is C12H21N3O2. The van der Waals surface area contributed by atoms with Crippen molar-refractivity contribution >= 4 is 11.8 Å². The quantitative estimate of drug-likeness (QED) is 0.712. The molecule has 2 aliphatic rings. The lowest BCUT2D eigenvalue weighted by Gasteiger charge is -2.35. The summed E-state index contributed by atoms with van der Waals surface area (Å²) in [6.07, 6.45) is 2.40. The van der Waals surface area contributed by atoms with Gasteiger partial charge in [0.05, 0.1) is 5.92 Å². The largest absolute Gasteiger partial charge is 0.355 e. The van der Waals surface area contributed by atoms with Gasteiger partial charge in [0.1, 0.15) is 0 Å². The van der Waals surface area contributed by atoms with E-state index < -0.39 is 0 Å². The summed E-state index contributed by atoms with van der Waals surface area (Å²) in [5, 5.41) is 6.04. The Balaban J connectivity index is 1.96. The van der Waals surface area contributed by atoms with E-state index in [2.05, 4.69) is 10.6 Å². The van der Waals surface area contributed by atoms with Crippen molar-refractivity contribution in [3.8, 4) is 0 Å². The van der Waals surface area contributed by atoms with Crippen LogP contribution in [0.15, 0.2) is 0 Å². The third kappa shape index (κ3) is 2.77. The fourth-order valence-electron chi connectivity index (χ4n) is 2.73. The molecule has 0 aliphatic carbocycles. The van der Waals surface area contributed by atoms with Crippen LogP contribution in [0, 0.1) is 5.92 Å². The van der Waals surface area contributed by atoms with Crippen LogP contribution in [0.3, 0.4) is 0 Å². The van der Waals surface area contributed by atoms with Gasteiger partial charge in [-0.2, -0.15) is 0 Å². The van der Waals surface area contributed by atoms with E-state index in [0.717, 1.165) is 32.5 Å². The van der Waals surface area contributed by atoms with Crippen molar-refractivity contribution in [1.29, 1.82) is 0 Å². The fourth-order valence-corrected chi connectivity index (χ4v) is 2.73. The van der Waals surface area contributed by atoms with Gasteiger partial charge in [0.15, 0.2) is 0 Å². The molecule has 5 nitrogen and oxygen atoms in total. The van der Waals surface area contributed by atoms with Crippen molar-refractivity contribution < 1.29 is 9.59 Å². The highest BCUT2D eigenvalue weighted by molar-refractivity contribution is 5.89. The second-order valence-electron chi connectivity index (χ2n) is 4.81. The first kappa shape index (κ1) is 12.4. The molecule has 5 heteroatoms. The Labute approximate surface area is 102 Å². The van der Waals surface area contributed by atoms with Gasteiger partial charge in [-0.1, -0.05) is 0 Å². The van der Waals surface area contributed by atoms with Gasteiger partial charge in [-0.05, 0) is 32.9 Å². The average Bonchev–Trinajstić information content (AvgIpc) is 2.78. The molecule has 1 unspecified atom stereocenters. The second kappa shape index (κ2) is 5.49. The minimum absolute atomic E-state index is 0.00436. The topological polar surface area (TPSA) is 61.4 Å². The number of nitrogens with one attached hydrogen (secondary N) is 2. The molecule has 0 spiro atoms. The number of carbonyl (C=O) groups excluding carboxylic acids is 2. The van der Waals surface area contributed by atoms with Gasteiger partial charge < -0.3 is 15.5 Å². The molecule has 2 saturated heterocycles.